The van der Waals surface area contributed by atoms with Gasteiger partial charge < -0.3 is 9.26 Å². The van der Waals surface area contributed by atoms with Crippen LogP contribution >= 0.6 is 7.37 Å². The van der Waals surface area contributed by atoms with Crippen LogP contribution in [0.4, 0.5) is 0 Å². The lowest BCUT2D eigenvalue weighted by atomic mass is 9.87. The first-order valence-electron chi connectivity index (χ1n) is 8.85. The molecule has 0 N–H and O–H groups in total. The maximum Gasteiger partial charge on any atom is 0.268 e. The number of hydrogen-bond donors (Lipinski definition) is 0. The fraction of sp³-hybridized carbons (Fsp3) is 0.273. The number of benzene rings is 2. The highest BCUT2D eigenvalue weighted by atomic mass is 31.2. The molecule has 4 heteroatoms. The fourth-order valence-electron chi connectivity index (χ4n) is 2.87. The number of ether oxygens (including phenoxy) is 1. The molecular weight excluding hydrogens is 343 g/mol. The molecule has 0 radical (unpaired) electrons. The van der Waals surface area contributed by atoms with E-state index in [9.17, 15) is 4.57 Å². The predicted molar refractivity (Wildman–Crippen MR) is 108 cm³/mol. The summed E-state index contributed by atoms with van der Waals surface area (Å²) in [6.45, 7) is 8.80. The molecule has 0 aliphatic carbocycles. The molecule has 136 valence electrons. The van der Waals surface area contributed by atoms with Crippen LogP contribution in [-0.2, 0) is 14.5 Å². The zero-order valence-corrected chi connectivity index (χ0v) is 16.6. The minimum Gasteiger partial charge on any atom is -0.463 e. The van der Waals surface area contributed by atoms with E-state index in [1.807, 2.05) is 43.3 Å². The highest BCUT2D eigenvalue weighted by molar-refractivity contribution is 7.71. The van der Waals surface area contributed by atoms with Gasteiger partial charge in [0, 0.05) is 0 Å². The molecule has 0 spiro atoms. The van der Waals surface area contributed by atoms with E-state index in [0.717, 1.165) is 5.56 Å². The van der Waals surface area contributed by atoms with Gasteiger partial charge in [0.05, 0.1) is 17.2 Å². The topological polar surface area (TPSA) is 35.5 Å². The van der Waals surface area contributed by atoms with Crippen LogP contribution in [0.5, 0.6) is 5.75 Å². The van der Waals surface area contributed by atoms with Crippen LogP contribution in [0.15, 0.2) is 66.2 Å². The van der Waals surface area contributed by atoms with Gasteiger partial charge in [-0.1, -0.05) is 63.2 Å². The van der Waals surface area contributed by atoms with E-state index < -0.39 is 7.37 Å². The summed E-state index contributed by atoms with van der Waals surface area (Å²) in [6, 6.07) is 15.7. The van der Waals surface area contributed by atoms with Gasteiger partial charge in [-0.2, -0.15) is 0 Å². The molecule has 1 heterocycles. The Labute approximate surface area is 155 Å². The minimum absolute atomic E-state index is 0.121. The van der Waals surface area contributed by atoms with Crippen molar-refractivity contribution in [2.45, 2.75) is 33.1 Å². The van der Waals surface area contributed by atoms with Gasteiger partial charge in [0.1, 0.15) is 12.0 Å². The third-order valence-corrected chi connectivity index (χ3v) is 6.92. The average Bonchev–Trinajstić information content (AvgIpc) is 2.61. The van der Waals surface area contributed by atoms with Crippen molar-refractivity contribution in [3.05, 3.63) is 77.3 Å². The van der Waals surface area contributed by atoms with Crippen molar-refractivity contribution in [3.8, 4) is 5.75 Å². The second-order valence-electron chi connectivity index (χ2n) is 7.30. The molecular formula is C22H25O3P. The predicted octanol–water partition coefficient (Wildman–Crippen LogP) is 5.87. The first-order chi connectivity index (χ1) is 12.3. The van der Waals surface area contributed by atoms with Gasteiger partial charge in [-0.15, -0.1) is 0 Å². The van der Waals surface area contributed by atoms with Gasteiger partial charge in [-0.3, -0.25) is 4.57 Å². The first kappa shape index (κ1) is 18.7. The van der Waals surface area contributed by atoms with Crippen LogP contribution in [0, 0.1) is 0 Å². The van der Waals surface area contributed by atoms with E-state index in [0.29, 0.717) is 23.0 Å². The van der Waals surface area contributed by atoms with E-state index in [4.69, 9.17) is 9.26 Å². The zero-order chi connectivity index (χ0) is 18.8. The van der Waals surface area contributed by atoms with Crippen LogP contribution in [0.2, 0.25) is 0 Å². The molecule has 2 aromatic rings. The SMILES string of the molecule is CCOP1(=O)C(/C=C/c2ccc(C(C)(C)C)cc2)=COc2ccccc21. The number of hydrogen-bond acceptors (Lipinski definition) is 3. The van der Waals surface area contributed by atoms with E-state index in [2.05, 4.69) is 45.0 Å². The van der Waals surface area contributed by atoms with Crippen LogP contribution in [-0.4, -0.2) is 6.61 Å². The van der Waals surface area contributed by atoms with Crippen LogP contribution in [0.1, 0.15) is 38.8 Å². The summed E-state index contributed by atoms with van der Waals surface area (Å²) in [6.07, 6.45) is 5.32. The van der Waals surface area contributed by atoms with Crippen molar-refractivity contribution in [1.82, 2.24) is 0 Å². The molecule has 3 nitrogen and oxygen atoms in total. The minimum atomic E-state index is -3.14. The average molecular weight is 368 g/mol. The maximum absolute atomic E-state index is 13.6. The maximum atomic E-state index is 13.6. The van der Waals surface area contributed by atoms with Crippen molar-refractivity contribution in [2.75, 3.05) is 6.61 Å². The Kier molecular flexibility index (Phi) is 5.22. The first-order valence-corrected chi connectivity index (χ1v) is 10.5. The molecule has 1 unspecified atom stereocenters. The molecule has 1 aliphatic heterocycles. The highest BCUT2D eigenvalue weighted by Gasteiger charge is 2.35. The third kappa shape index (κ3) is 3.70. The molecule has 3 rings (SSSR count). The van der Waals surface area contributed by atoms with Crippen molar-refractivity contribution < 1.29 is 13.8 Å². The lowest BCUT2D eigenvalue weighted by molar-refractivity contribution is 0.342. The molecule has 0 bridgehead atoms. The van der Waals surface area contributed by atoms with E-state index in [1.165, 1.54) is 5.56 Å². The van der Waals surface area contributed by atoms with Crippen LogP contribution < -0.4 is 10.0 Å². The molecule has 2 aromatic carbocycles. The zero-order valence-electron chi connectivity index (χ0n) is 15.7. The Hall–Kier alpha value is -2.09. The summed E-state index contributed by atoms with van der Waals surface area (Å²) in [5.41, 5.74) is 2.45. The van der Waals surface area contributed by atoms with Crippen LogP contribution in [0.3, 0.4) is 0 Å². The van der Waals surface area contributed by atoms with Gasteiger partial charge >= 0.3 is 0 Å². The molecule has 0 amide bonds. The Morgan fingerprint density at radius 3 is 2.38 bits per heavy atom. The van der Waals surface area contributed by atoms with Gasteiger partial charge in [0.15, 0.2) is 0 Å². The van der Waals surface area contributed by atoms with Crippen molar-refractivity contribution >= 4 is 18.7 Å². The lowest BCUT2D eigenvalue weighted by Gasteiger charge is -2.25. The molecule has 1 aliphatic rings. The van der Waals surface area contributed by atoms with E-state index in [-0.39, 0.29) is 5.41 Å². The van der Waals surface area contributed by atoms with Gasteiger partial charge in [-0.05, 0) is 41.7 Å². The number of para-hydroxylation sites is 1. The molecule has 0 saturated heterocycles. The van der Waals surface area contributed by atoms with Gasteiger partial charge in [0.25, 0.3) is 7.37 Å². The molecule has 0 saturated carbocycles. The van der Waals surface area contributed by atoms with Crippen molar-refractivity contribution in [1.29, 1.82) is 0 Å². The largest absolute Gasteiger partial charge is 0.463 e. The Morgan fingerprint density at radius 2 is 1.73 bits per heavy atom. The number of fused-ring (bicyclic) bond motifs is 1. The highest BCUT2D eigenvalue weighted by Crippen LogP contribution is 2.58. The summed E-state index contributed by atoms with van der Waals surface area (Å²) in [4.78, 5) is 0. The second-order valence-corrected chi connectivity index (χ2v) is 9.66. The standard InChI is InChI=1S/C22H25O3P/c1-5-25-26(23)19(16-24-20-8-6-7-9-21(20)26)15-12-17-10-13-18(14-11-17)22(2,3)4/h6-16H,5H2,1-4H3/b15-12+. The normalized spacial score (nSPS) is 19.8. The molecule has 0 fully saturated rings. The summed E-state index contributed by atoms with van der Waals surface area (Å²) in [5.74, 6) is 0.593. The van der Waals surface area contributed by atoms with E-state index >= 15 is 0 Å². The fourth-order valence-corrected chi connectivity index (χ4v) is 4.96. The smallest absolute Gasteiger partial charge is 0.268 e. The number of rotatable bonds is 4. The second kappa shape index (κ2) is 7.26. The van der Waals surface area contributed by atoms with Crippen LogP contribution in [0.25, 0.3) is 6.08 Å². The molecule has 26 heavy (non-hydrogen) atoms. The summed E-state index contributed by atoms with van der Waals surface area (Å²) in [7, 11) is -3.14. The third-order valence-electron chi connectivity index (χ3n) is 4.36. The Morgan fingerprint density at radius 1 is 1.04 bits per heavy atom. The Balaban J connectivity index is 1.90. The van der Waals surface area contributed by atoms with E-state index in [1.54, 1.807) is 6.26 Å². The summed E-state index contributed by atoms with van der Waals surface area (Å²) < 4.78 is 25.0. The number of allylic oxidation sites excluding steroid dienone is 2. The monoisotopic (exact) mass is 368 g/mol. The lowest BCUT2D eigenvalue weighted by Crippen LogP contribution is -2.16. The van der Waals surface area contributed by atoms with Gasteiger partial charge in [0.2, 0.25) is 0 Å². The van der Waals surface area contributed by atoms with Gasteiger partial charge in [-0.25, -0.2) is 0 Å². The summed E-state index contributed by atoms with van der Waals surface area (Å²) in [5, 5.41) is 1.19. The van der Waals surface area contributed by atoms with Crippen molar-refractivity contribution in [2.24, 2.45) is 0 Å². The molecule has 0 aromatic heterocycles. The molecule has 1 atom stereocenters. The van der Waals surface area contributed by atoms with Crippen molar-refractivity contribution in [3.63, 3.8) is 0 Å². The Bertz CT molecular complexity index is 886. The summed E-state index contributed by atoms with van der Waals surface area (Å²) >= 11 is 0. The quantitative estimate of drug-likeness (QED) is 0.633.